The number of alkyl halides is 3. The summed E-state index contributed by atoms with van der Waals surface area (Å²) >= 11 is 6.09. The number of ether oxygens (including phenoxy) is 1. The molecule has 0 spiro atoms. The second-order valence-corrected chi connectivity index (χ2v) is 9.08. The van der Waals surface area contributed by atoms with Crippen LogP contribution in [0, 0.1) is 5.92 Å². The highest BCUT2D eigenvalue weighted by atomic mass is 35.5. The number of aromatic nitrogens is 1. The van der Waals surface area contributed by atoms with Crippen LogP contribution in [0.3, 0.4) is 0 Å². The number of amides is 1. The molecule has 1 saturated heterocycles. The minimum atomic E-state index is -4.44. The van der Waals surface area contributed by atoms with Crippen LogP contribution in [-0.2, 0) is 15.7 Å². The van der Waals surface area contributed by atoms with Gasteiger partial charge < -0.3 is 15.0 Å². The van der Waals surface area contributed by atoms with Crippen molar-refractivity contribution in [1.29, 1.82) is 0 Å². The van der Waals surface area contributed by atoms with Gasteiger partial charge in [0.15, 0.2) is 0 Å². The van der Waals surface area contributed by atoms with E-state index in [-0.39, 0.29) is 17.0 Å². The second-order valence-electron chi connectivity index (χ2n) is 8.67. The minimum absolute atomic E-state index is 0.0411. The molecule has 0 aromatic carbocycles. The smallest absolute Gasteiger partial charge is 0.384 e. The monoisotopic (exact) mass is 476 g/mol. The molecule has 0 atom stereocenters. The molecule has 1 aliphatic carbocycles. The molecule has 2 heterocycles. The maximum atomic E-state index is 12.8. The normalized spacial score (nSPS) is 22.7. The van der Waals surface area contributed by atoms with E-state index >= 15 is 0 Å². The molecule has 10 heteroatoms. The summed E-state index contributed by atoms with van der Waals surface area (Å²) in [6, 6.07) is 1.23. The molecule has 1 N–H and O–H groups in total. The van der Waals surface area contributed by atoms with Crippen molar-refractivity contribution in [2.24, 2.45) is 5.92 Å². The number of carbonyl (C=O) groups excluding carboxylic acids is 1. The van der Waals surface area contributed by atoms with Crippen LogP contribution in [-0.4, -0.2) is 68.3 Å². The van der Waals surface area contributed by atoms with Gasteiger partial charge in [-0.3, -0.25) is 9.69 Å². The Kier molecular flexibility index (Phi) is 9.02. The van der Waals surface area contributed by atoms with Crippen LogP contribution in [0.5, 0.6) is 0 Å². The third-order valence-electron chi connectivity index (χ3n) is 6.42. The van der Waals surface area contributed by atoms with Crippen molar-refractivity contribution >= 4 is 23.3 Å². The quantitative estimate of drug-likeness (QED) is 0.615. The predicted molar refractivity (Wildman–Crippen MR) is 118 cm³/mol. The van der Waals surface area contributed by atoms with Gasteiger partial charge in [0.1, 0.15) is 5.82 Å². The van der Waals surface area contributed by atoms with Crippen molar-refractivity contribution in [3.63, 3.8) is 0 Å². The van der Waals surface area contributed by atoms with E-state index in [2.05, 4.69) is 15.2 Å². The summed E-state index contributed by atoms with van der Waals surface area (Å²) in [4.78, 5) is 20.2. The lowest BCUT2D eigenvalue weighted by molar-refractivity contribution is -0.137. The van der Waals surface area contributed by atoms with Crippen LogP contribution in [0.25, 0.3) is 0 Å². The third-order valence-corrected chi connectivity index (χ3v) is 6.70. The number of hydrogen-bond acceptors (Lipinski definition) is 5. The molecule has 2 aliphatic rings. The van der Waals surface area contributed by atoms with Gasteiger partial charge in [0, 0.05) is 51.9 Å². The fraction of sp³-hybridized carbons (Fsp3) is 0.727. The van der Waals surface area contributed by atoms with Gasteiger partial charge in [-0.15, -0.1) is 0 Å². The Morgan fingerprint density at radius 1 is 1.22 bits per heavy atom. The number of halogens is 4. The molecule has 1 saturated carbocycles. The van der Waals surface area contributed by atoms with Gasteiger partial charge in [-0.1, -0.05) is 11.6 Å². The highest BCUT2D eigenvalue weighted by Gasteiger charge is 2.32. The Hall–Kier alpha value is -1.58. The molecule has 32 heavy (non-hydrogen) atoms. The van der Waals surface area contributed by atoms with Crippen LogP contribution in [0.15, 0.2) is 12.3 Å². The third kappa shape index (κ3) is 7.22. The number of piperazine rings is 1. The van der Waals surface area contributed by atoms with E-state index in [1.807, 2.05) is 4.90 Å². The number of nitrogens with one attached hydrogen (secondary N) is 1. The molecule has 0 unspecified atom stereocenters. The summed E-state index contributed by atoms with van der Waals surface area (Å²) in [6.07, 6.45) is 2.25. The summed E-state index contributed by atoms with van der Waals surface area (Å²) in [7, 11) is 1.60. The van der Waals surface area contributed by atoms with E-state index in [1.54, 1.807) is 7.11 Å². The highest BCUT2D eigenvalue weighted by molar-refractivity contribution is 6.33. The first kappa shape index (κ1) is 25.1. The van der Waals surface area contributed by atoms with E-state index in [0.717, 1.165) is 64.0 Å². The fourth-order valence-corrected chi connectivity index (χ4v) is 4.74. The molecule has 1 aromatic rings. The van der Waals surface area contributed by atoms with Gasteiger partial charge in [-0.05, 0) is 50.6 Å². The maximum absolute atomic E-state index is 12.8. The molecule has 0 bridgehead atoms. The number of methoxy groups -OCH3 is 1. The largest absolute Gasteiger partial charge is 0.417 e. The van der Waals surface area contributed by atoms with Crippen molar-refractivity contribution in [1.82, 2.24) is 15.2 Å². The topological polar surface area (TPSA) is 57.7 Å². The molecule has 0 radical (unpaired) electrons. The number of carbonyl (C=O) groups is 1. The van der Waals surface area contributed by atoms with Gasteiger partial charge in [-0.2, -0.15) is 13.2 Å². The summed E-state index contributed by atoms with van der Waals surface area (Å²) in [5.74, 6) is 1.16. The maximum Gasteiger partial charge on any atom is 0.417 e. The summed E-state index contributed by atoms with van der Waals surface area (Å²) in [5, 5.41) is 3.14. The number of hydrogen-bond donors (Lipinski definition) is 1. The minimum Gasteiger partial charge on any atom is -0.384 e. The van der Waals surface area contributed by atoms with Gasteiger partial charge in [0.25, 0.3) is 0 Å². The van der Waals surface area contributed by atoms with Crippen LogP contribution in [0.1, 0.15) is 44.1 Å². The van der Waals surface area contributed by atoms with Crippen molar-refractivity contribution in [2.75, 3.05) is 51.3 Å². The average Bonchev–Trinajstić information content (AvgIpc) is 2.77. The Balaban J connectivity index is 1.36. The zero-order valence-corrected chi connectivity index (χ0v) is 19.2. The average molecular weight is 477 g/mol. The number of anilines is 1. The SMILES string of the molecule is COCCC(=O)N[C@H]1CC[C@H](CCN2CCN(c3ncc(C(F)(F)F)cc3Cl)CC2)CC1. The van der Waals surface area contributed by atoms with Gasteiger partial charge in [-0.25, -0.2) is 4.98 Å². The van der Waals surface area contributed by atoms with Crippen molar-refractivity contribution in [3.05, 3.63) is 22.8 Å². The lowest BCUT2D eigenvalue weighted by atomic mass is 9.84. The standard InChI is InChI=1S/C22H32ClF3N4O2/c1-32-13-7-20(31)28-18-4-2-16(3-5-18)6-8-29-9-11-30(12-10-29)21-19(23)14-17(15-27-21)22(24,25)26/h14-16,18H,2-13H2,1H3,(H,28,31)/t16-,18-. The Morgan fingerprint density at radius 3 is 2.50 bits per heavy atom. The number of pyridine rings is 1. The Labute approximate surface area is 192 Å². The van der Waals surface area contributed by atoms with Crippen molar-refractivity contribution in [2.45, 2.75) is 50.7 Å². The van der Waals surface area contributed by atoms with Gasteiger partial charge in [0.2, 0.25) is 5.91 Å². The molecule has 3 rings (SSSR count). The van der Waals surface area contributed by atoms with Crippen LogP contribution in [0.4, 0.5) is 19.0 Å². The molecule has 1 aromatic heterocycles. The molecule has 6 nitrogen and oxygen atoms in total. The molecular weight excluding hydrogens is 445 g/mol. The van der Waals surface area contributed by atoms with Gasteiger partial charge >= 0.3 is 6.18 Å². The lowest BCUT2D eigenvalue weighted by Gasteiger charge is -2.37. The van der Waals surface area contributed by atoms with E-state index < -0.39 is 11.7 Å². The highest BCUT2D eigenvalue weighted by Crippen LogP contribution is 2.34. The molecule has 2 fully saturated rings. The van der Waals surface area contributed by atoms with Crippen LogP contribution < -0.4 is 10.2 Å². The van der Waals surface area contributed by atoms with Crippen molar-refractivity contribution < 1.29 is 22.7 Å². The summed E-state index contributed by atoms with van der Waals surface area (Å²) in [6.45, 7) is 4.53. The van der Waals surface area contributed by atoms with Gasteiger partial charge in [0.05, 0.1) is 17.2 Å². The second kappa shape index (κ2) is 11.5. The molecule has 1 aliphatic heterocycles. The molecular formula is C22H32ClF3N4O2. The van der Waals surface area contributed by atoms with E-state index in [4.69, 9.17) is 16.3 Å². The Morgan fingerprint density at radius 2 is 1.91 bits per heavy atom. The zero-order valence-electron chi connectivity index (χ0n) is 18.5. The van der Waals surface area contributed by atoms with E-state index in [0.29, 0.717) is 37.9 Å². The zero-order chi connectivity index (χ0) is 23.1. The van der Waals surface area contributed by atoms with Crippen molar-refractivity contribution in [3.8, 4) is 0 Å². The first-order valence-corrected chi connectivity index (χ1v) is 11.6. The molecule has 180 valence electrons. The predicted octanol–water partition coefficient (Wildman–Crippen LogP) is 3.98. The fourth-order valence-electron chi connectivity index (χ4n) is 4.46. The Bertz CT molecular complexity index is 749. The van der Waals surface area contributed by atoms with Crippen LogP contribution in [0.2, 0.25) is 5.02 Å². The first-order chi connectivity index (χ1) is 15.3. The molecule has 1 amide bonds. The van der Waals surface area contributed by atoms with E-state index in [9.17, 15) is 18.0 Å². The number of rotatable bonds is 8. The van der Waals surface area contributed by atoms with Crippen LogP contribution >= 0.6 is 11.6 Å². The lowest BCUT2D eigenvalue weighted by Crippen LogP contribution is -2.47. The number of nitrogens with zero attached hydrogens (tertiary/aromatic N) is 3. The summed E-state index contributed by atoms with van der Waals surface area (Å²) < 4.78 is 43.4. The summed E-state index contributed by atoms with van der Waals surface area (Å²) in [5.41, 5.74) is -0.825. The van der Waals surface area contributed by atoms with E-state index in [1.165, 1.54) is 0 Å². The first-order valence-electron chi connectivity index (χ1n) is 11.2.